The summed E-state index contributed by atoms with van der Waals surface area (Å²) in [4.78, 5) is 23.3. The van der Waals surface area contributed by atoms with Crippen molar-refractivity contribution in [2.45, 2.75) is 26.4 Å². The van der Waals surface area contributed by atoms with Gasteiger partial charge in [-0.3, -0.25) is 18.9 Å². The van der Waals surface area contributed by atoms with E-state index in [-0.39, 0.29) is 11.6 Å². The molecular formula is C30H36ClN9O. The van der Waals surface area contributed by atoms with E-state index < -0.39 is 0 Å². The maximum atomic E-state index is 13.8. The number of benzene rings is 1. The molecule has 6 rings (SSSR count). The van der Waals surface area contributed by atoms with Crippen LogP contribution in [0.25, 0.3) is 33.1 Å². The van der Waals surface area contributed by atoms with Crippen molar-refractivity contribution < 1.29 is 0 Å². The standard InChI is InChI=1S/C30H36ClN9O/c1-6-40-29-23(16-33-40)27-21(13-19(2)14-22(27)30(41)38(29)5)25(18-39-11-9-36(3)10-12-39)34-24-7-8-26(31)35-28(24)20-15-32-37(4)17-20/h7-8,13-17,25,34H,6,9-12,18H2,1-5H3. The number of fused-ring (bicyclic) bond motifs is 3. The summed E-state index contributed by atoms with van der Waals surface area (Å²) in [5.41, 5.74) is 5.41. The van der Waals surface area contributed by atoms with Gasteiger partial charge in [0.15, 0.2) is 0 Å². The zero-order valence-electron chi connectivity index (χ0n) is 24.2. The van der Waals surface area contributed by atoms with E-state index in [9.17, 15) is 4.79 Å². The third kappa shape index (κ3) is 5.11. The zero-order chi connectivity index (χ0) is 28.8. The summed E-state index contributed by atoms with van der Waals surface area (Å²) >= 11 is 6.38. The Morgan fingerprint density at radius 1 is 1.02 bits per heavy atom. The van der Waals surface area contributed by atoms with E-state index in [0.29, 0.717) is 17.1 Å². The number of aromatic nitrogens is 6. The van der Waals surface area contributed by atoms with Crippen LogP contribution >= 0.6 is 11.6 Å². The maximum Gasteiger partial charge on any atom is 0.259 e. The number of rotatable bonds is 7. The van der Waals surface area contributed by atoms with Crippen molar-refractivity contribution in [3.8, 4) is 11.3 Å². The number of piperazine rings is 1. The minimum absolute atomic E-state index is 0.0183. The van der Waals surface area contributed by atoms with Gasteiger partial charge >= 0.3 is 0 Å². The van der Waals surface area contributed by atoms with Crippen molar-refractivity contribution in [1.82, 2.24) is 38.9 Å². The summed E-state index contributed by atoms with van der Waals surface area (Å²) in [7, 11) is 5.89. The third-order valence-corrected chi connectivity index (χ3v) is 8.34. The number of halogens is 1. The molecule has 0 aliphatic carbocycles. The van der Waals surface area contributed by atoms with Crippen molar-refractivity contribution in [2.75, 3.05) is 45.1 Å². The zero-order valence-corrected chi connectivity index (χ0v) is 25.0. The van der Waals surface area contributed by atoms with Gasteiger partial charge < -0.3 is 10.2 Å². The number of hydrogen-bond donors (Lipinski definition) is 1. The van der Waals surface area contributed by atoms with Crippen LogP contribution in [0.4, 0.5) is 5.69 Å². The Morgan fingerprint density at radius 3 is 2.51 bits per heavy atom. The van der Waals surface area contributed by atoms with Crippen molar-refractivity contribution in [3.05, 3.63) is 69.5 Å². The van der Waals surface area contributed by atoms with Crippen molar-refractivity contribution in [1.29, 1.82) is 0 Å². The molecular weight excluding hydrogens is 538 g/mol. The minimum Gasteiger partial charge on any atom is -0.375 e. The Balaban J connectivity index is 1.56. The molecule has 0 radical (unpaired) electrons. The smallest absolute Gasteiger partial charge is 0.259 e. The lowest BCUT2D eigenvalue weighted by Gasteiger charge is -2.35. The highest BCUT2D eigenvalue weighted by Gasteiger charge is 2.26. The molecule has 41 heavy (non-hydrogen) atoms. The molecule has 0 saturated carbocycles. The van der Waals surface area contributed by atoms with Crippen LogP contribution in [0.5, 0.6) is 0 Å². The normalized spacial score (nSPS) is 15.7. The Kier molecular flexibility index (Phi) is 7.31. The number of nitrogens with zero attached hydrogens (tertiary/aromatic N) is 8. The summed E-state index contributed by atoms with van der Waals surface area (Å²) in [5, 5.41) is 15.9. The fraction of sp³-hybridized carbons (Fsp3) is 0.400. The molecule has 1 aliphatic rings. The van der Waals surface area contributed by atoms with E-state index in [4.69, 9.17) is 16.6 Å². The van der Waals surface area contributed by atoms with Gasteiger partial charge in [0, 0.05) is 81.3 Å². The van der Waals surface area contributed by atoms with Gasteiger partial charge in [-0.05, 0) is 50.2 Å². The van der Waals surface area contributed by atoms with Gasteiger partial charge in [-0.15, -0.1) is 0 Å². The Morgan fingerprint density at radius 2 is 1.80 bits per heavy atom. The summed E-state index contributed by atoms with van der Waals surface area (Å²) < 4.78 is 5.38. The molecule has 11 heteroatoms. The van der Waals surface area contributed by atoms with Crippen molar-refractivity contribution in [3.63, 3.8) is 0 Å². The predicted molar refractivity (Wildman–Crippen MR) is 165 cm³/mol. The number of anilines is 1. The quantitative estimate of drug-likeness (QED) is 0.294. The predicted octanol–water partition coefficient (Wildman–Crippen LogP) is 4.07. The monoisotopic (exact) mass is 573 g/mol. The van der Waals surface area contributed by atoms with E-state index in [1.165, 1.54) is 0 Å². The molecule has 5 aromatic rings. The second kappa shape index (κ2) is 10.9. The first kappa shape index (κ1) is 27.4. The van der Waals surface area contributed by atoms with Crippen LogP contribution in [-0.2, 0) is 20.6 Å². The maximum absolute atomic E-state index is 13.8. The lowest BCUT2D eigenvalue weighted by Crippen LogP contribution is -2.46. The molecule has 1 aromatic carbocycles. The minimum atomic E-state index is -0.139. The highest BCUT2D eigenvalue weighted by atomic mass is 35.5. The van der Waals surface area contributed by atoms with E-state index in [0.717, 1.165) is 77.2 Å². The van der Waals surface area contributed by atoms with Crippen molar-refractivity contribution >= 4 is 39.1 Å². The fourth-order valence-corrected chi connectivity index (χ4v) is 6.14. The van der Waals surface area contributed by atoms with Crippen LogP contribution < -0.4 is 10.9 Å². The molecule has 1 aliphatic heterocycles. The molecule has 1 atom stereocenters. The van der Waals surface area contributed by atoms with Gasteiger partial charge in [-0.1, -0.05) is 17.7 Å². The Hall–Kier alpha value is -3.73. The van der Waals surface area contributed by atoms with Gasteiger partial charge in [-0.2, -0.15) is 10.2 Å². The SMILES string of the molecule is CCn1ncc2c3c(C(CN4CCN(C)CC4)Nc4ccc(Cl)nc4-c4cnn(C)c4)cc(C)cc3c(=O)n(C)c21. The van der Waals surface area contributed by atoms with Gasteiger partial charge in [0.1, 0.15) is 10.8 Å². The van der Waals surface area contributed by atoms with E-state index in [2.05, 4.69) is 45.4 Å². The first-order chi connectivity index (χ1) is 19.7. The summed E-state index contributed by atoms with van der Waals surface area (Å²) in [6.07, 6.45) is 5.64. The molecule has 10 nitrogen and oxygen atoms in total. The topological polar surface area (TPSA) is 89.0 Å². The lowest BCUT2D eigenvalue weighted by atomic mass is 9.94. The molecule has 0 bridgehead atoms. The summed E-state index contributed by atoms with van der Waals surface area (Å²) in [5.74, 6) is 0. The van der Waals surface area contributed by atoms with Gasteiger partial charge in [0.2, 0.25) is 0 Å². The number of likely N-dealkylation sites (N-methyl/N-ethyl adjacent to an activating group) is 1. The largest absolute Gasteiger partial charge is 0.375 e. The van der Waals surface area contributed by atoms with E-state index >= 15 is 0 Å². The second-order valence-electron chi connectivity index (χ2n) is 11.1. The molecule has 214 valence electrons. The molecule has 1 N–H and O–H groups in total. The van der Waals surface area contributed by atoms with Crippen LogP contribution in [0, 0.1) is 6.92 Å². The number of pyridine rings is 2. The van der Waals surface area contributed by atoms with Crippen LogP contribution in [0.3, 0.4) is 0 Å². The number of aryl methyl sites for hydroxylation is 4. The highest BCUT2D eigenvalue weighted by Crippen LogP contribution is 2.36. The molecule has 5 heterocycles. The summed E-state index contributed by atoms with van der Waals surface area (Å²) in [6.45, 7) is 9.51. The molecule has 1 fully saturated rings. The van der Waals surface area contributed by atoms with E-state index in [1.807, 2.05) is 56.3 Å². The van der Waals surface area contributed by atoms with Gasteiger partial charge in [-0.25, -0.2) is 9.67 Å². The number of nitrogens with one attached hydrogen (secondary N) is 1. The van der Waals surface area contributed by atoms with Crippen LogP contribution in [0.15, 0.2) is 47.7 Å². The van der Waals surface area contributed by atoms with Crippen molar-refractivity contribution in [2.24, 2.45) is 14.1 Å². The molecule has 1 saturated heterocycles. The van der Waals surface area contributed by atoms with E-state index in [1.54, 1.807) is 15.4 Å². The molecule has 0 spiro atoms. The Labute approximate surface area is 244 Å². The lowest BCUT2D eigenvalue weighted by molar-refractivity contribution is 0.150. The summed E-state index contributed by atoms with van der Waals surface area (Å²) in [6, 6.07) is 7.87. The first-order valence-corrected chi connectivity index (χ1v) is 14.4. The second-order valence-corrected chi connectivity index (χ2v) is 11.5. The average molecular weight is 574 g/mol. The average Bonchev–Trinajstić information content (AvgIpc) is 3.59. The highest BCUT2D eigenvalue weighted by molar-refractivity contribution is 6.29. The first-order valence-electron chi connectivity index (χ1n) is 14.0. The van der Waals surface area contributed by atoms with Crippen LogP contribution in [0.2, 0.25) is 5.15 Å². The Bertz CT molecular complexity index is 1800. The van der Waals surface area contributed by atoms with Gasteiger partial charge in [0.25, 0.3) is 5.56 Å². The third-order valence-electron chi connectivity index (χ3n) is 8.13. The van der Waals surface area contributed by atoms with Crippen LogP contribution in [-0.4, -0.2) is 78.7 Å². The molecule has 1 unspecified atom stereocenters. The van der Waals surface area contributed by atoms with Crippen LogP contribution in [0.1, 0.15) is 24.1 Å². The fourth-order valence-electron chi connectivity index (χ4n) is 5.99. The van der Waals surface area contributed by atoms with Gasteiger partial charge in [0.05, 0.1) is 29.8 Å². The number of hydrogen-bond acceptors (Lipinski definition) is 7. The molecule has 4 aromatic heterocycles. The molecule has 0 amide bonds.